The molecule has 1 rings (SSSR count). The zero-order valence-corrected chi connectivity index (χ0v) is 10.3. The summed E-state index contributed by atoms with van der Waals surface area (Å²) in [6, 6.07) is 9.89. The van der Waals surface area contributed by atoms with Gasteiger partial charge in [-0.2, -0.15) is 0 Å². The van der Waals surface area contributed by atoms with E-state index in [1.165, 1.54) is 0 Å². The van der Waals surface area contributed by atoms with Crippen LogP contribution in [0.1, 0.15) is 31.7 Å². The van der Waals surface area contributed by atoms with E-state index in [1.807, 2.05) is 30.3 Å². The number of carbonyl (C=O) groups is 1. The molecule has 94 valence electrons. The molecule has 1 unspecified atom stereocenters. The minimum atomic E-state index is -0.328. The second-order valence-corrected chi connectivity index (χ2v) is 3.94. The first-order valence-electron chi connectivity index (χ1n) is 6.05. The van der Waals surface area contributed by atoms with Crippen molar-refractivity contribution in [1.82, 2.24) is 0 Å². The van der Waals surface area contributed by atoms with Crippen molar-refractivity contribution >= 4 is 6.29 Å². The molecule has 0 bridgehead atoms. The van der Waals surface area contributed by atoms with Gasteiger partial charge in [0.05, 0.1) is 6.61 Å². The van der Waals surface area contributed by atoms with Gasteiger partial charge in [0.1, 0.15) is 19.2 Å². The van der Waals surface area contributed by atoms with Gasteiger partial charge in [0.15, 0.2) is 0 Å². The Bertz CT molecular complexity index is 298. The van der Waals surface area contributed by atoms with Crippen LogP contribution in [0, 0.1) is 0 Å². The van der Waals surface area contributed by atoms with Gasteiger partial charge in [-0.1, -0.05) is 50.1 Å². The SMILES string of the molecule is CCCCC(C=O)OCOCc1ccccc1. The van der Waals surface area contributed by atoms with Crippen molar-refractivity contribution in [3.63, 3.8) is 0 Å². The second-order valence-electron chi connectivity index (χ2n) is 3.94. The molecule has 0 spiro atoms. The second kappa shape index (κ2) is 8.90. The Morgan fingerprint density at radius 2 is 2.06 bits per heavy atom. The largest absolute Gasteiger partial charge is 0.351 e. The maximum absolute atomic E-state index is 10.7. The molecule has 0 aromatic heterocycles. The summed E-state index contributed by atoms with van der Waals surface area (Å²) in [5, 5.41) is 0. The van der Waals surface area contributed by atoms with E-state index in [-0.39, 0.29) is 12.9 Å². The van der Waals surface area contributed by atoms with Crippen LogP contribution in [0.5, 0.6) is 0 Å². The lowest BCUT2D eigenvalue weighted by Crippen LogP contribution is -2.16. The number of ether oxygens (including phenoxy) is 2. The molecule has 3 nitrogen and oxygen atoms in total. The van der Waals surface area contributed by atoms with Crippen molar-refractivity contribution < 1.29 is 14.3 Å². The van der Waals surface area contributed by atoms with Crippen LogP contribution in [0.2, 0.25) is 0 Å². The first-order chi connectivity index (χ1) is 8.36. The molecule has 1 aromatic rings. The van der Waals surface area contributed by atoms with Crippen LogP contribution in [0.3, 0.4) is 0 Å². The Labute approximate surface area is 103 Å². The van der Waals surface area contributed by atoms with Crippen LogP contribution in [0.4, 0.5) is 0 Å². The van der Waals surface area contributed by atoms with Crippen LogP contribution in [0.25, 0.3) is 0 Å². The number of carbonyl (C=O) groups excluding carboxylic acids is 1. The van der Waals surface area contributed by atoms with Crippen molar-refractivity contribution in [3.05, 3.63) is 35.9 Å². The third-order valence-electron chi connectivity index (χ3n) is 2.47. The molecule has 0 radical (unpaired) electrons. The molecular weight excluding hydrogens is 216 g/mol. The maximum Gasteiger partial charge on any atom is 0.148 e. The highest BCUT2D eigenvalue weighted by Gasteiger charge is 2.06. The molecule has 0 aliphatic heterocycles. The molecule has 0 amide bonds. The van der Waals surface area contributed by atoms with Gasteiger partial charge in [0.2, 0.25) is 0 Å². The highest BCUT2D eigenvalue weighted by molar-refractivity contribution is 5.55. The molecule has 1 atom stereocenters. The molecular formula is C14H20O3. The summed E-state index contributed by atoms with van der Waals surface area (Å²) < 4.78 is 10.7. The van der Waals surface area contributed by atoms with Crippen LogP contribution >= 0.6 is 0 Å². The maximum atomic E-state index is 10.7. The lowest BCUT2D eigenvalue weighted by molar-refractivity contribution is -0.133. The fourth-order valence-electron chi connectivity index (χ4n) is 1.47. The van der Waals surface area contributed by atoms with Gasteiger partial charge in [-0.15, -0.1) is 0 Å². The summed E-state index contributed by atoms with van der Waals surface area (Å²) in [6.45, 7) is 2.77. The third kappa shape index (κ3) is 6.19. The van der Waals surface area contributed by atoms with Crippen LogP contribution in [-0.4, -0.2) is 19.2 Å². The first-order valence-corrected chi connectivity index (χ1v) is 6.05. The molecule has 0 saturated carbocycles. The molecule has 0 N–H and O–H groups in total. The Balaban J connectivity index is 2.12. The van der Waals surface area contributed by atoms with Crippen LogP contribution in [-0.2, 0) is 20.9 Å². The average Bonchev–Trinajstić information content (AvgIpc) is 2.39. The van der Waals surface area contributed by atoms with Crippen molar-refractivity contribution in [2.75, 3.05) is 6.79 Å². The van der Waals surface area contributed by atoms with E-state index in [4.69, 9.17) is 9.47 Å². The monoisotopic (exact) mass is 236 g/mol. The Kier molecular flexibility index (Phi) is 7.27. The molecule has 0 aliphatic carbocycles. The first kappa shape index (κ1) is 13.9. The Hall–Kier alpha value is -1.19. The summed E-state index contributed by atoms with van der Waals surface area (Å²) in [5.41, 5.74) is 1.10. The Morgan fingerprint density at radius 1 is 1.29 bits per heavy atom. The van der Waals surface area contributed by atoms with Crippen molar-refractivity contribution in [3.8, 4) is 0 Å². The fraction of sp³-hybridized carbons (Fsp3) is 0.500. The number of rotatable bonds is 9. The summed E-state index contributed by atoms with van der Waals surface area (Å²) in [6.07, 6.45) is 3.36. The van der Waals surface area contributed by atoms with Gasteiger partial charge >= 0.3 is 0 Å². The van der Waals surface area contributed by atoms with Gasteiger partial charge in [0, 0.05) is 0 Å². The van der Waals surface area contributed by atoms with E-state index in [0.29, 0.717) is 6.61 Å². The number of benzene rings is 1. The predicted octanol–water partition coefficient (Wildman–Crippen LogP) is 2.94. The minimum absolute atomic E-state index is 0.169. The molecule has 0 heterocycles. The van der Waals surface area contributed by atoms with Crippen molar-refractivity contribution in [2.45, 2.75) is 38.9 Å². The quantitative estimate of drug-likeness (QED) is 0.375. The van der Waals surface area contributed by atoms with Gasteiger partial charge in [-0.25, -0.2) is 0 Å². The number of aldehydes is 1. The van der Waals surface area contributed by atoms with Crippen molar-refractivity contribution in [2.24, 2.45) is 0 Å². The molecule has 0 fully saturated rings. The van der Waals surface area contributed by atoms with E-state index >= 15 is 0 Å². The molecule has 3 heteroatoms. The topological polar surface area (TPSA) is 35.5 Å². The van der Waals surface area contributed by atoms with Gasteiger partial charge in [-0.05, 0) is 12.0 Å². The fourth-order valence-corrected chi connectivity index (χ4v) is 1.47. The standard InChI is InChI=1S/C14H20O3/c1-2-3-9-14(10-15)17-12-16-11-13-7-5-4-6-8-13/h4-8,10,14H,2-3,9,11-12H2,1H3. The van der Waals surface area contributed by atoms with E-state index in [0.717, 1.165) is 31.1 Å². The van der Waals surface area contributed by atoms with Gasteiger partial charge in [-0.3, -0.25) is 0 Å². The molecule has 0 aliphatic rings. The lowest BCUT2D eigenvalue weighted by atomic mass is 10.2. The Morgan fingerprint density at radius 3 is 2.71 bits per heavy atom. The van der Waals surface area contributed by atoms with E-state index in [1.54, 1.807) is 0 Å². The van der Waals surface area contributed by atoms with Gasteiger partial charge in [0.25, 0.3) is 0 Å². The van der Waals surface area contributed by atoms with E-state index in [2.05, 4.69) is 6.92 Å². The third-order valence-corrected chi connectivity index (χ3v) is 2.47. The predicted molar refractivity (Wildman–Crippen MR) is 66.6 cm³/mol. The average molecular weight is 236 g/mol. The highest BCUT2D eigenvalue weighted by Crippen LogP contribution is 2.04. The van der Waals surface area contributed by atoms with Crippen LogP contribution < -0.4 is 0 Å². The summed E-state index contributed by atoms with van der Waals surface area (Å²) in [4.78, 5) is 10.7. The highest BCUT2D eigenvalue weighted by atomic mass is 16.7. The van der Waals surface area contributed by atoms with E-state index < -0.39 is 0 Å². The smallest absolute Gasteiger partial charge is 0.148 e. The lowest BCUT2D eigenvalue weighted by Gasteiger charge is -2.11. The number of unbranched alkanes of at least 4 members (excludes halogenated alkanes) is 1. The van der Waals surface area contributed by atoms with Crippen molar-refractivity contribution in [1.29, 1.82) is 0 Å². The molecule has 17 heavy (non-hydrogen) atoms. The van der Waals surface area contributed by atoms with E-state index in [9.17, 15) is 4.79 Å². The molecule has 0 saturated heterocycles. The van der Waals surface area contributed by atoms with Gasteiger partial charge < -0.3 is 14.3 Å². The zero-order valence-electron chi connectivity index (χ0n) is 10.3. The summed E-state index contributed by atoms with van der Waals surface area (Å²) in [7, 11) is 0. The molecule has 1 aromatic carbocycles. The summed E-state index contributed by atoms with van der Waals surface area (Å²) >= 11 is 0. The zero-order chi connectivity index (χ0) is 12.3. The summed E-state index contributed by atoms with van der Waals surface area (Å²) in [5.74, 6) is 0. The van der Waals surface area contributed by atoms with Crippen LogP contribution in [0.15, 0.2) is 30.3 Å². The number of hydrogen-bond donors (Lipinski definition) is 0. The normalized spacial score (nSPS) is 12.3. The minimum Gasteiger partial charge on any atom is -0.351 e. The number of hydrogen-bond acceptors (Lipinski definition) is 3.